The van der Waals surface area contributed by atoms with Crippen LogP contribution in [0.3, 0.4) is 0 Å². The molecule has 12 heavy (non-hydrogen) atoms. The molecule has 0 aliphatic rings. The van der Waals surface area contributed by atoms with Crippen molar-refractivity contribution in [1.82, 2.24) is 0 Å². The first-order chi connectivity index (χ1) is 5.91. The first-order valence-electron chi connectivity index (χ1n) is 4.05. The zero-order chi connectivity index (χ0) is 9.07. The van der Waals surface area contributed by atoms with Crippen LogP contribution in [0.5, 0.6) is 0 Å². The quantitative estimate of drug-likeness (QED) is 0.261. The van der Waals surface area contributed by atoms with E-state index < -0.39 is 0 Å². The van der Waals surface area contributed by atoms with Gasteiger partial charge in [-0.3, -0.25) is 0 Å². The molecule has 0 atom stereocenters. The summed E-state index contributed by atoms with van der Waals surface area (Å²) in [5.74, 6) is 9.65. The summed E-state index contributed by atoms with van der Waals surface area (Å²) in [6, 6.07) is 0. The Hall–Kier alpha value is -1.20. The van der Waals surface area contributed by atoms with E-state index in [4.69, 9.17) is 11.7 Å². The summed E-state index contributed by atoms with van der Waals surface area (Å²) in [4.78, 5) is 0. The van der Waals surface area contributed by atoms with Crippen molar-refractivity contribution < 1.29 is 0 Å². The molecule has 70 valence electrons. The third-order valence-corrected chi connectivity index (χ3v) is 1.43. The largest absolute Gasteiger partial charge is 0.305 e. The second-order valence-electron chi connectivity index (χ2n) is 2.38. The first kappa shape index (κ1) is 10.8. The maximum absolute atomic E-state index is 4.83. The fourth-order valence-corrected chi connectivity index (χ4v) is 0.834. The molecule has 0 aliphatic carbocycles. The highest BCUT2D eigenvalue weighted by molar-refractivity contribution is 4.46. The van der Waals surface area contributed by atoms with E-state index in [2.05, 4.69) is 20.7 Å². The van der Waals surface area contributed by atoms with Crippen LogP contribution in [0.2, 0.25) is 0 Å². The zero-order valence-corrected chi connectivity index (χ0v) is 7.19. The summed E-state index contributed by atoms with van der Waals surface area (Å²) in [6.07, 6.45) is 4.30. The molecule has 0 aromatic heterocycles. The second kappa shape index (κ2) is 9.80. The Labute approximate surface area is 72.1 Å². The van der Waals surface area contributed by atoms with E-state index >= 15 is 0 Å². The van der Waals surface area contributed by atoms with Gasteiger partial charge in [0.1, 0.15) is 0 Å². The summed E-state index contributed by atoms with van der Waals surface area (Å²) < 4.78 is 0. The number of unbranched alkanes of at least 4 members (excludes halogenated alkanes) is 3. The molecule has 0 aromatic carbocycles. The monoisotopic (exact) mass is 172 g/mol. The van der Waals surface area contributed by atoms with E-state index in [1.54, 1.807) is 0 Å². The molecule has 0 saturated carbocycles. The van der Waals surface area contributed by atoms with Gasteiger partial charge in [-0.2, -0.15) is 10.2 Å². The Morgan fingerprint density at radius 3 is 1.42 bits per heavy atom. The second-order valence-corrected chi connectivity index (χ2v) is 2.38. The average molecular weight is 172 g/mol. The smallest absolute Gasteiger partial charge is 0.0620 e. The van der Waals surface area contributed by atoms with Crippen molar-refractivity contribution in [3.8, 4) is 0 Å². The van der Waals surface area contributed by atoms with Gasteiger partial charge in [-0.25, -0.2) is 0 Å². The summed E-state index contributed by atoms with van der Waals surface area (Å²) in [5.41, 5.74) is 0. The Morgan fingerprint density at radius 2 is 1.08 bits per heavy atom. The van der Waals surface area contributed by atoms with Gasteiger partial charge in [0.05, 0.1) is 13.1 Å². The minimum Gasteiger partial charge on any atom is -0.305 e. The molecular formula is C6H16N6. The average Bonchev–Trinajstić information content (AvgIpc) is 2.10. The Kier molecular flexibility index (Phi) is 8.82. The van der Waals surface area contributed by atoms with Crippen LogP contribution >= 0.6 is 0 Å². The van der Waals surface area contributed by atoms with Crippen LogP contribution in [0.1, 0.15) is 25.7 Å². The van der Waals surface area contributed by atoms with Gasteiger partial charge in [0.25, 0.3) is 0 Å². The molecule has 0 bridgehead atoms. The molecule has 6 heteroatoms. The molecule has 0 aliphatic heterocycles. The molecule has 0 fully saturated rings. The van der Waals surface area contributed by atoms with Gasteiger partial charge in [-0.15, -0.1) is 0 Å². The highest BCUT2D eigenvalue weighted by Crippen LogP contribution is 1.99. The Balaban J connectivity index is 2.91. The van der Waals surface area contributed by atoms with E-state index in [1.807, 2.05) is 0 Å². The summed E-state index contributed by atoms with van der Waals surface area (Å²) in [7, 11) is 0. The molecule has 0 heterocycles. The topological polar surface area (TPSA) is 101 Å². The van der Waals surface area contributed by atoms with Crippen molar-refractivity contribution in [1.29, 1.82) is 0 Å². The SMILES string of the molecule is NN=NCCCCCCN=NN. The molecule has 0 saturated heterocycles. The van der Waals surface area contributed by atoms with Gasteiger partial charge >= 0.3 is 0 Å². The Morgan fingerprint density at radius 1 is 0.667 bits per heavy atom. The maximum atomic E-state index is 4.83. The van der Waals surface area contributed by atoms with Gasteiger partial charge < -0.3 is 11.7 Å². The number of nitrogens with zero attached hydrogens (tertiary/aromatic N) is 4. The molecule has 4 N–H and O–H groups in total. The van der Waals surface area contributed by atoms with E-state index in [0.29, 0.717) is 0 Å². The van der Waals surface area contributed by atoms with E-state index in [1.165, 1.54) is 0 Å². The standard InChI is InChI=1S/C6H16N6/c7-11-9-5-3-1-2-4-6-10-12-8/h1-6H2,(H2,7,9)(H2,8,10). The zero-order valence-electron chi connectivity index (χ0n) is 7.19. The molecule has 0 unspecified atom stereocenters. The van der Waals surface area contributed by atoms with E-state index in [9.17, 15) is 0 Å². The lowest BCUT2D eigenvalue weighted by Crippen LogP contribution is -1.86. The van der Waals surface area contributed by atoms with Crippen LogP contribution in [0.15, 0.2) is 20.7 Å². The molecule has 0 rings (SSSR count). The molecule has 0 radical (unpaired) electrons. The van der Waals surface area contributed by atoms with Gasteiger partial charge in [0, 0.05) is 0 Å². The molecule has 0 spiro atoms. The van der Waals surface area contributed by atoms with Gasteiger partial charge in [-0.05, 0) is 12.8 Å². The lowest BCUT2D eigenvalue weighted by molar-refractivity contribution is 0.634. The normalized spacial score (nSPS) is 11.7. The fourth-order valence-electron chi connectivity index (χ4n) is 0.834. The lowest BCUT2D eigenvalue weighted by atomic mass is 10.2. The highest BCUT2D eigenvalue weighted by Gasteiger charge is 1.88. The first-order valence-corrected chi connectivity index (χ1v) is 4.05. The molecular weight excluding hydrogens is 156 g/mol. The summed E-state index contributed by atoms with van der Waals surface area (Å²) in [5, 5.41) is 13.6. The predicted molar refractivity (Wildman–Crippen MR) is 46.3 cm³/mol. The van der Waals surface area contributed by atoms with Crippen molar-refractivity contribution >= 4 is 0 Å². The summed E-state index contributed by atoms with van der Waals surface area (Å²) in [6.45, 7) is 1.43. The third kappa shape index (κ3) is 8.80. The van der Waals surface area contributed by atoms with E-state index in [0.717, 1.165) is 38.8 Å². The highest BCUT2D eigenvalue weighted by atomic mass is 15.3. The van der Waals surface area contributed by atoms with Crippen molar-refractivity contribution in [2.24, 2.45) is 32.4 Å². The number of hydrogen-bond donors (Lipinski definition) is 2. The minimum atomic E-state index is 0.717. The van der Waals surface area contributed by atoms with Gasteiger partial charge in [0.15, 0.2) is 0 Å². The number of nitrogens with two attached hydrogens (primary N) is 2. The van der Waals surface area contributed by atoms with Crippen molar-refractivity contribution in [3.05, 3.63) is 0 Å². The van der Waals surface area contributed by atoms with Crippen LogP contribution in [-0.4, -0.2) is 13.1 Å². The van der Waals surface area contributed by atoms with Crippen LogP contribution in [-0.2, 0) is 0 Å². The lowest BCUT2D eigenvalue weighted by Gasteiger charge is -1.94. The Bertz CT molecular complexity index is 116. The molecule has 6 nitrogen and oxygen atoms in total. The van der Waals surface area contributed by atoms with Crippen LogP contribution < -0.4 is 11.7 Å². The van der Waals surface area contributed by atoms with Gasteiger partial charge in [-0.1, -0.05) is 23.3 Å². The van der Waals surface area contributed by atoms with Crippen LogP contribution in [0.25, 0.3) is 0 Å². The maximum Gasteiger partial charge on any atom is 0.0620 e. The van der Waals surface area contributed by atoms with Gasteiger partial charge in [0.2, 0.25) is 0 Å². The fraction of sp³-hybridized carbons (Fsp3) is 1.00. The summed E-state index contributed by atoms with van der Waals surface area (Å²) >= 11 is 0. The van der Waals surface area contributed by atoms with Crippen LogP contribution in [0, 0.1) is 0 Å². The van der Waals surface area contributed by atoms with Crippen LogP contribution in [0.4, 0.5) is 0 Å². The predicted octanol–water partition coefficient (Wildman–Crippen LogP) is 1.20. The van der Waals surface area contributed by atoms with Crippen molar-refractivity contribution in [3.63, 3.8) is 0 Å². The molecule has 0 aromatic rings. The van der Waals surface area contributed by atoms with E-state index in [-0.39, 0.29) is 0 Å². The minimum absolute atomic E-state index is 0.717. The number of hydrogen-bond acceptors (Lipinski definition) is 4. The number of rotatable bonds is 7. The van der Waals surface area contributed by atoms with Crippen molar-refractivity contribution in [2.45, 2.75) is 25.7 Å². The van der Waals surface area contributed by atoms with Crippen molar-refractivity contribution in [2.75, 3.05) is 13.1 Å². The molecule has 0 amide bonds. The third-order valence-electron chi connectivity index (χ3n) is 1.43.